The van der Waals surface area contributed by atoms with Crippen LogP contribution >= 0.6 is 0 Å². The van der Waals surface area contributed by atoms with E-state index in [2.05, 4.69) is 44.0 Å². The average Bonchev–Trinajstić information content (AvgIpc) is 2.97. The van der Waals surface area contributed by atoms with Crippen molar-refractivity contribution in [3.63, 3.8) is 0 Å². The van der Waals surface area contributed by atoms with E-state index in [0.29, 0.717) is 32.8 Å². The second-order valence-corrected chi connectivity index (χ2v) is 10.8. The molecule has 10 heteroatoms. The molecule has 0 atom stereocenters. The van der Waals surface area contributed by atoms with E-state index in [1.807, 2.05) is 19.2 Å². The first-order valence-corrected chi connectivity index (χ1v) is 14.3. The largest absolute Gasteiger partial charge is 0.381 e. The third kappa shape index (κ3) is 8.68. The Morgan fingerprint density at radius 1 is 1.12 bits per heavy atom. The number of nitrogens with zero attached hydrogens (tertiary/aromatic N) is 5. The Bertz CT molecular complexity index is 1070. The zero-order valence-electron chi connectivity index (χ0n) is 24.5. The van der Waals surface area contributed by atoms with E-state index >= 15 is 0 Å². The molecule has 2 fully saturated rings. The fraction of sp³-hybridized carbons (Fsp3) is 0.633. The third-order valence-corrected chi connectivity index (χ3v) is 7.85. The van der Waals surface area contributed by atoms with Crippen LogP contribution in [0.2, 0.25) is 0 Å². The summed E-state index contributed by atoms with van der Waals surface area (Å²) < 4.78 is 22.4. The van der Waals surface area contributed by atoms with Crippen LogP contribution in [0.5, 0.6) is 0 Å². The van der Waals surface area contributed by atoms with Gasteiger partial charge in [0.15, 0.2) is 6.29 Å². The lowest BCUT2D eigenvalue weighted by molar-refractivity contribution is -0.143. The van der Waals surface area contributed by atoms with Crippen molar-refractivity contribution < 1.29 is 23.7 Å². The molecule has 1 spiro atoms. The minimum Gasteiger partial charge on any atom is -0.381 e. The van der Waals surface area contributed by atoms with Gasteiger partial charge in [-0.3, -0.25) is 9.69 Å². The van der Waals surface area contributed by atoms with Gasteiger partial charge in [0.25, 0.3) is 0 Å². The Balaban J connectivity index is 1.17. The number of aromatic nitrogens is 2. The highest BCUT2D eigenvalue weighted by atomic mass is 16.7. The third-order valence-electron chi connectivity index (χ3n) is 7.85. The second kappa shape index (κ2) is 14.8. The first kappa shape index (κ1) is 30.3. The number of hydrogen-bond acceptors (Lipinski definition) is 9. The van der Waals surface area contributed by atoms with Crippen molar-refractivity contribution in [3.05, 3.63) is 53.3 Å². The number of anilines is 1. The zero-order chi connectivity index (χ0) is 28.4. The SMILES string of the molecule is COC(CN(C)C(=O)CCOCCc1cccc(CN2CCC3(CC2)CN(c2nccc(C)n2)CCO3)c1)OC. The monoisotopic (exact) mass is 555 g/mol. The molecule has 2 aliphatic heterocycles. The quantitative estimate of drug-likeness (QED) is 0.273. The molecule has 2 saturated heterocycles. The van der Waals surface area contributed by atoms with Gasteiger partial charge in [0.2, 0.25) is 11.9 Å². The van der Waals surface area contributed by atoms with Gasteiger partial charge in [-0.05, 0) is 43.4 Å². The van der Waals surface area contributed by atoms with E-state index in [9.17, 15) is 4.79 Å². The lowest BCUT2D eigenvalue weighted by Gasteiger charge is -2.47. The number of carbonyl (C=O) groups is 1. The lowest BCUT2D eigenvalue weighted by atomic mass is 9.89. The van der Waals surface area contributed by atoms with Gasteiger partial charge in [-0.1, -0.05) is 24.3 Å². The molecule has 1 aromatic carbocycles. The van der Waals surface area contributed by atoms with Crippen LogP contribution < -0.4 is 4.90 Å². The number of amides is 1. The topological polar surface area (TPSA) is 89.5 Å². The van der Waals surface area contributed by atoms with Crippen molar-refractivity contribution in [1.29, 1.82) is 0 Å². The van der Waals surface area contributed by atoms with E-state index < -0.39 is 6.29 Å². The molecular formula is C30H45N5O5. The summed E-state index contributed by atoms with van der Waals surface area (Å²) in [5.41, 5.74) is 3.44. The fourth-order valence-electron chi connectivity index (χ4n) is 5.38. The van der Waals surface area contributed by atoms with Crippen LogP contribution in [0, 0.1) is 6.92 Å². The minimum atomic E-state index is -0.418. The smallest absolute Gasteiger partial charge is 0.225 e. The van der Waals surface area contributed by atoms with Gasteiger partial charge < -0.3 is 28.7 Å². The van der Waals surface area contributed by atoms with Crippen LogP contribution in [0.25, 0.3) is 0 Å². The van der Waals surface area contributed by atoms with Crippen LogP contribution in [-0.4, -0.2) is 111 Å². The summed E-state index contributed by atoms with van der Waals surface area (Å²) in [5, 5.41) is 0. The highest BCUT2D eigenvalue weighted by Gasteiger charge is 2.40. The predicted molar refractivity (Wildman–Crippen MR) is 153 cm³/mol. The number of morpholine rings is 1. The van der Waals surface area contributed by atoms with Gasteiger partial charge in [-0.25, -0.2) is 9.97 Å². The molecule has 3 heterocycles. The van der Waals surface area contributed by atoms with Crippen LogP contribution in [-0.2, 0) is 36.7 Å². The molecule has 4 rings (SSSR count). The van der Waals surface area contributed by atoms with Crippen LogP contribution in [0.15, 0.2) is 36.5 Å². The van der Waals surface area contributed by atoms with Crippen molar-refractivity contribution in [1.82, 2.24) is 19.8 Å². The number of carbonyl (C=O) groups excluding carboxylic acids is 1. The Morgan fingerprint density at radius 2 is 1.90 bits per heavy atom. The normalized spacial score (nSPS) is 17.5. The van der Waals surface area contributed by atoms with Crippen LogP contribution in [0.3, 0.4) is 0 Å². The number of methoxy groups -OCH3 is 2. The van der Waals surface area contributed by atoms with Gasteiger partial charge in [-0.15, -0.1) is 0 Å². The summed E-state index contributed by atoms with van der Waals surface area (Å²) in [6.07, 6.45) is 4.60. The summed E-state index contributed by atoms with van der Waals surface area (Å²) in [6, 6.07) is 10.7. The summed E-state index contributed by atoms with van der Waals surface area (Å²) in [5.74, 6) is 0.825. The summed E-state index contributed by atoms with van der Waals surface area (Å²) in [6.45, 7) is 8.74. The molecule has 0 bridgehead atoms. The summed E-state index contributed by atoms with van der Waals surface area (Å²) in [4.78, 5) is 27.8. The Hall–Kier alpha value is -2.63. The first-order chi connectivity index (χ1) is 19.4. The fourth-order valence-corrected chi connectivity index (χ4v) is 5.38. The number of likely N-dealkylation sites (tertiary alicyclic amines) is 1. The van der Waals surface area contributed by atoms with Crippen molar-refractivity contribution in [2.24, 2.45) is 0 Å². The molecule has 0 N–H and O–H groups in total. The van der Waals surface area contributed by atoms with E-state index in [1.165, 1.54) is 11.1 Å². The number of hydrogen-bond donors (Lipinski definition) is 0. The maximum atomic E-state index is 12.3. The van der Waals surface area contributed by atoms with Crippen molar-refractivity contribution in [2.75, 3.05) is 78.7 Å². The number of likely N-dealkylation sites (N-methyl/N-ethyl adjacent to an activating group) is 1. The number of ether oxygens (including phenoxy) is 4. The maximum Gasteiger partial charge on any atom is 0.225 e. The van der Waals surface area contributed by atoms with Gasteiger partial charge in [0.1, 0.15) is 0 Å². The van der Waals surface area contributed by atoms with Crippen LogP contribution in [0.4, 0.5) is 5.95 Å². The highest BCUT2D eigenvalue weighted by molar-refractivity contribution is 5.75. The molecule has 220 valence electrons. The molecule has 2 aliphatic rings. The van der Waals surface area contributed by atoms with Gasteiger partial charge >= 0.3 is 0 Å². The molecular weight excluding hydrogens is 510 g/mol. The Labute approximate surface area is 238 Å². The lowest BCUT2D eigenvalue weighted by Crippen LogP contribution is -2.57. The zero-order valence-corrected chi connectivity index (χ0v) is 24.5. The first-order valence-electron chi connectivity index (χ1n) is 14.3. The molecule has 0 unspecified atom stereocenters. The number of piperidine rings is 1. The second-order valence-electron chi connectivity index (χ2n) is 10.8. The van der Waals surface area contributed by atoms with Crippen molar-refractivity contribution in [3.8, 4) is 0 Å². The van der Waals surface area contributed by atoms with Crippen molar-refractivity contribution >= 4 is 11.9 Å². The number of aryl methyl sites for hydroxylation is 1. The Morgan fingerprint density at radius 3 is 2.65 bits per heavy atom. The molecule has 1 amide bonds. The van der Waals surface area contributed by atoms with Gasteiger partial charge in [-0.2, -0.15) is 0 Å². The molecule has 1 aromatic heterocycles. The Kier molecular flexibility index (Phi) is 11.3. The van der Waals surface area contributed by atoms with E-state index in [-0.39, 0.29) is 11.5 Å². The van der Waals surface area contributed by atoms with Gasteiger partial charge in [0, 0.05) is 59.3 Å². The molecule has 0 saturated carbocycles. The summed E-state index contributed by atoms with van der Waals surface area (Å²) in [7, 11) is 4.88. The molecule has 0 radical (unpaired) electrons. The molecule has 0 aliphatic carbocycles. The average molecular weight is 556 g/mol. The maximum absolute atomic E-state index is 12.3. The highest BCUT2D eigenvalue weighted by Crippen LogP contribution is 2.32. The van der Waals surface area contributed by atoms with E-state index in [1.54, 1.807) is 26.2 Å². The summed E-state index contributed by atoms with van der Waals surface area (Å²) >= 11 is 0. The standard InChI is InChI=1S/C30H45N5O5/c1-24-8-13-31-29(32-24)35-16-19-40-30(23-35)11-14-34(15-12-30)21-26-7-5-6-25(20-26)9-17-39-18-10-27(36)33(2)22-28(37-3)38-4/h5-8,13,20,28H,9-12,14-19,21-23H2,1-4H3. The van der Waals surface area contributed by atoms with Gasteiger partial charge in [0.05, 0.1) is 44.9 Å². The predicted octanol–water partition coefficient (Wildman–Crippen LogP) is 2.68. The minimum absolute atomic E-state index is 0.0132. The molecule has 40 heavy (non-hydrogen) atoms. The van der Waals surface area contributed by atoms with E-state index in [4.69, 9.17) is 18.9 Å². The molecule has 10 nitrogen and oxygen atoms in total. The van der Waals surface area contributed by atoms with E-state index in [0.717, 1.165) is 63.6 Å². The number of rotatable bonds is 13. The number of benzene rings is 1. The van der Waals surface area contributed by atoms with Crippen molar-refractivity contribution in [2.45, 2.75) is 51.0 Å². The van der Waals surface area contributed by atoms with Crippen LogP contribution in [0.1, 0.15) is 36.1 Å². The molecule has 2 aromatic rings.